The summed E-state index contributed by atoms with van der Waals surface area (Å²) in [5, 5.41) is 9.71. The van der Waals surface area contributed by atoms with Crippen LogP contribution < -0.4 is 0 Å². The van der Waals surface area contributed by atoms with Crippen molar-refractivity contribution in [2.45, 2.75) is 38.3 Å². The van der Waals surface area contributed by atoms with Gasteiger partial charge in [-0.2, -0.15) is 0 Å². The Morgan fingerprint density at radius 2 is 2.13 bits per heavy atom. The van der Waals surface area contributed by atoms with Crippen LogP contribution in [-0.2, 0) is 9.47 Å². The van der Waals surface area contributed by atoms with E-state index in [-0.39, 0.29) is 24.8 Å². The highest BCUT2D eigenvalue weighted by atomic mass is 127. The number of benzene rings is 1. The largest absolute Gasteiger partial charge is 0.465 e. The molecular weight excluding hydrogens is 409 g/mol. The third-order valence-electron chi connectivity index (χ3n) is 3.99. The van der Waals surface area contributed by atoms with Gasteiger partial charge in [0.15, 0.2) is 0 Å². The van der Waals surface area contributed by atoms with E-state index in [4.69, 9.17) is 9.47 Å². The SMILES string of the molecule is COCOC[C@@H](C)CC(c1ccccc1I)N(C(=O)O)C1CC1. The Morgan fingerprint density at radius 3 is 2.70 bits per heavy atom. The van der Waals surface area contributed by atoms with E-state index < -0.39 is 6.09 Å². The van der Waals surface area contributed by atoms with E-state index in [1.807, 2.05) is 24.3 Å². The van der Waals surface area contributed by atoms with Crippen LogP contribution >= 0.6 is 22.6 Å². The third-order valence-corrected chi connectivity index (χ3v) is 4.97. The highest BCUT2D eigenvalue weighted by molar-refractivity contribution is 14.1. The average Bonchev–Trinajstić information content (AvgIpc) is 3.32. The Labute approximate surface area is 151 Å². The van der Waals surface area contributed by atoms with Crippen LogP contribution in [0.1, 0.15) is 37.8 Å². The zero-order valence-corrected chi connectivity index (χ0v) is 15.7. The van der Waals surface area contributed by atoms with Gasteiger partial charge in [-0.1, -0.05) is 25.1 Å². The summed E-state index contributed by atoms with van der Waals surface area (Å²) in [5.74, 6) is 0.242. The second kappa shape index (κ2) is 8.84. The van der Waals surface area contributed by atoms with Crippen LogP contribution in [0.15, 0.2) is 24.3 Å². The number of carbonyl (C=O) groups is 1. The second-order valence-electron chi connectivity index (χ2n) is 6.08. The maximum Gasteiger partial charge on any atom is 0.408 e. The number of nitrogens with zero attached hydrogens (tertiary/aromatic N) is 1. The third kappa shape index (κ3) is 5.32. The zero-order chi connectivity index (χ0) is 16.8. The number of hydrogen-bond acceptors (Lipinski definition) is 3. The van der Waals surface area contributed by atoms with Crippen molar-refractivity contribution < 1.29 is 19.4 Å². The summed E-state index contributed by atoms with van der Waals surface area (Å²) in [5.41, 5.74) is 1.08. The summed E-state index contributed by atoms with van der Waals surface area (Å²) in [6, 6.07) is 8.05. The molecule has 1 aliphatic carbocycles. The molecule has 1 aliphatic rings. The standard InChI is InChI=1S/C17H24INO4/c1-12(10-23-11-22-2)9-16(14-5-3-4-6-15(14)18)19(17(20)21)13-7-8-13/h3-6,12-13,16H,7-11H2,1-2H3,(H,20,21)/t12-,16?/m0/s1. The maximum atomic E-state index is 11.8. The Hall–Kier alpha value is -0.860. The molecule has 0 bridgehead atoms. The van der Waals surface area contributed by atoms with Crippen molar-refractivity contribution in [3.05, 3.63) is 33.4 Å². The summed E-state index contributed by atoms with van der Waals surface area (Å²) in [6.07, 6.45) is 1.83. The summed E-state index contributed by atoms with van der Waals surface area (Å²) >= 11 is 2.29. The number of amides is 1. The molecule has 1 amide bonds. The highest BCUT2D eigenvalue weighted by Gasteiger charge is 2.39. The second-order valence-corrected chi connectivity index (χ2v) is 7.24. The van der Waals surface area contributed by atoms with Gasteiger partial charge in [-0.15, -0.1) is 0 Å². The van der Waals surface area contributed by atoms with Crippen LogP contribution in [0.5, 0.6) is 0 Å². The number of ether oxygens (including phenoxy) is 2. The quantitative estimate of drug-likeness (QED) is 0.362. The molecule has 0 radical (unpaired) electrons. The number of methoxy groups -OCH3 is 1. The van der Waals surface area contributed by atoms with Gasteiger partial charge in [0.25, 0.3) is 0 Å². The Balaban J connectivity index is 2.17. The lowest BCUT2D eigenvalue weighted by atomic mass is 9.95. The molecule has 0 heterocycles. The van der Waals surface area contributed by atoms with Gasteiger partial charge in [-0.3, -0.25) is 4.90 Å². The molecule has 1 fully saturated rings. The van der Waals surface area contributed by atoms with Crippen molar-refractivity contribution >= 4 is 28.7 Å². The van der Waals surface area contributed by atoms with Gasteiger partial charge in [0.2, 0.25) is 0 Å². The predicted octanol–water partition coefficient (Wildman–Crippen LogP) is 4.12. The fourth-order valence-corrected chi connectivity index (χ4v) is 3.56. The first-order valence-corrected chi connectivity index (χ1v) is 8.94. The highest BCUT2D eigenvalue weighted by Crippen LogP contribution is 2.39. The Bertz CT molecular complexity index is 521. The first-order chi connectivity index (χ1) is 11.0. The summed E-state index contributed by atoms with van der Waals surface area (Å²) in [7, 11) is 1.60. The molecule has 6 heteroatoms. The normalized spacial score (nSPS) is 16.8. The summed E-state index contributed by atoms with van der Waals surface area (Å²) in [6.45, 7) is 2.92. The van der Waals surface area contributed by atoms with Crippen LogP contribution in [0.3, 0.4) is 0 Å². The molecule has 1 aromatic rings. The Kier molecular flexibility index (Phi) is 7.10. The van der Waals surface area contributed by atoms with Gasteiger partial charge < -0.3 is 14.6 Å². The van der Waals surface area contributed by atoms with Crippen molar-refractivity contribution in [2.75, 3.05) is 20.5 Å². The molecule has 1 aromatic carbocycles. The molecule has 23 heavy (non-hydrogen) atoms. The molecule has 128 valence electrons. The molecule has 2 atom stereocenters. The fraction of sp³-hybridized carbons (Fsp3) is 0.588. The van der Waals surface area contributed by atoms with Crippen molar-refractivity contribution in [1.82, 2.24) is 4.90 Å². The lowest BCUT2D eigenvalue weighted by Crippen LogP contribution is -2.37. The zero-order valence-electron chi connectivity index (χ0n) is 13.6. The lowest BCUT2D eigenvalue weighted by Gasteiger charge is -2.32. The van der Waals surface area contributed by atoms with Crippen LogP contribution in [0.4, 0.5) is 4.79 Å². The molecule has 0 aromatic heterocycles. The molecule has 0 saturated heterocycles. The van der Waals surface area contributed by atoms with Gasteiger partial charge in [-0.05, 0) is 59.4 Å². The van der Waals surface area contributed by atoms with Crippen molar-refractivity contribution in [1.29, 1.82) is 0 Å². The van der Waals surface area contributed by atoms with Crippen molar-refractivity contribution in [3.8, 4) is 0 Å². The van der Waals surface area contributed by atoms with Gasteiger partial charge in [0.05, 0.1) is 12.6 Å². The van der Waals surface area contributed by atoms with Gasteiger partial charge >= 0.3 is 6.09 Å². The smallest absolute Gasteiger partial charge is 0.408 e. The minimum Gasteiger partial charge on any atom is -0.465 e. The van der Waals surface area contributed by atoms with Crippen LogP contribution in [0.25, 0.3) is 0 Å². The molecule has 1 saturated carbocycles. The van der Waals surface area contributed by atoms with E-state index in [0.717, 1.165) is 28.4 Å². The van der Waals surface area contributed by atoms with Crippen molar-refractivity contribution in [3.63, 3.8) is 0 Å². The molecular formula is C17H24INO4. The number of carboxylic acid groups (broad SMARTS) is 1. The molecule has 0 spiro atoms. The summed E-state index contributed by atoms with van der Waals surface area (Å²) in [4.78, 5) is 13.5. The monoisotopic (exact) mass is 433 g/mol. The minimum atomic E-state index is -0.831. The molecule has 0 aliphatic heterocycles. The van der Waals surface area contributed by atoms with Crippen molar-refractivity contribution in [2.24, 2.45) is 5.92 Å². The van der Waals surface area contributed by atoms with E-state index in [1.165, 1.54) is 0 Å². The lowest BCUT2D eigenvalue weighted by molar-refractivity contribution is -0.0446. The average molecular weight is 433 g/mol. The topological polar surface area (TPSA) is 59.0 Å². The molecule has 5 nitrogen and oxygen atoms in total. The van der Waals surface area contributed by atoms with E-state index in [0.29, 0.717) is 6.61 Å². The molecule has 1 N–H and O–H groups in total. The van der Waals surface area contributed by atoms with E-state index in [9.17, 15) is 9.90 Å². The van der Waals surface area contributed by atoms with Gasteiger partial charge in [0.1, 0.15) is 6.79 Å². The number of rotatable bonds is 9. The first-order valence-electron chi connectivity index (χ1n) is 7.87. The Morgan fingerprint density at radius 1 is 1.43 bits per heavy atom. The van der Waals surface area contributed by atoms with Crippen LogP contribution in [-0.4, -0.2) is 42.7 Å². The first kappa shape index (κ1) is 18.5. The fourth-order valence-electron chi connectivity index (χ4n) is 2.81. The van der Waals surface area contributed by atoms with E-state index in [2.05, 4.69) is 29.5 Å². The minimum absolute atomic E-state index is 0.130. The number of hydrogen-bond donors (Lipinski definition) is 1. The molecule has 1 unspecified atom stereocenters. The maximum absolute atomic E-state index is 11.8. The summed E-state index contributed by atoms with van der Waals surface area (Å²) < 4.78 is 11.4. The van der Waals surface area contributed by atoms with Gasteiger partial charge in [-0.25, -0.2) is 4.79 Å². The molecule has 2 rings (SSSR count). The van der Waals surface area contributed by atoms with Crippen LogP contribution in [0.2, 0.25) is 0 Å². The number of halogens is 1. The van der Waals surface area contributed by atoms with E-state index in [1.54, 1.807) is 12.0 Å². The predicted molar refractivity (Wildman–Crippen MR) is 96.4 cm³/mol. The van der Waals surface area contributed by atoms with Crippen LogP contribution in [0, 0.1) is 9.49 Å². The van der Waals surface area contributed by atoms with E-state index >= 15 is 0 Å². The van der Waals surface area contributed by atoms with Gasteiger partial charge in [0, 0.05) is 16.7 Å².